The SMILES string of the molecule is O=C(O)C(CN(Cc1ccccc1)S(=O)(=O)c1ccccc1)C(NCc1ccccc1)c1ccc(C(F)(F)F)cc1. The second-order valence-corrected chi connectivity index (χ2v) is 11.4. The van der Waals surface area contributed by atoms with Gasteiger partial charge < -0.3 is 10.4 Å². The summed E-state index contributed by atoms with van der Waals surface area (Å²) in [5, 5.41) is 13.6. The molecule has 0 fully saturated rings. The van der Waals surface area contributed by atoms with Crippen LogP contribution < -0.4 is 5.32 Å². The molecular formula is C31H29F3N2O4S. The maximum atomic E-state index is 13.8. The first-order valence-corrected chi connectivity index (χ1v) is 14.3. The largest absolute Gasteiger partial charge is 0.481 e. The van der Waals surface area contributed by atoms with Crippen molar-refractivity contribution in [2.75, 3.05) is 6.54 Å². The van der Waals surface area contributed by atoms with Gasteiger partial charge >= 0.3 is 12.1 Å². The van der Waals surface area contributed by atoms with E-state index in [4.69, 9.17) is 0 Å². The van der Waals surface area contributed by atoms with Crippen LogP contribution in [0, 0.1) is 5.92 Å². The second kappa shape index (κ2) is 13.1. The summed E-state index contributed by atoms with van der Waals surface area (Å²) in [6.07, 6.45) is -4.56. The molecule has 41 heavy (non-hydrogen) atoms. The van der Waals surface area contributed by atoms with Crippen molar-refractivity contribution >= 4 is 16.0 Å². The monoisotopic (exact) mass is 582 g/mol. The zero-order valence-electron chi connectivity index (χ0n) is 21.9. The lowest BCUT2D eigenvalue weighted by atomic mass is 9.91. The molecule has 0 saturated carbocycles. The summed E-state index contributed by atoms with van der Waals surface area (Å²) in [4.78, 5) is 12.8. The number of carbonyl (C=O) groups is 1. The van der Waals surface area contributed by atoms with Crippen molar-refractivity contribution in [2.24, 2.45) is 5.92 Å². The van der Waals surface area contributed by atoms with E-state index in [1.54, 1.807) is 48.5 Å². The van der Waals surface area contributed by atoms with Crippen LogP contribution in [-0.4, -0.2) is 30.3 Å². The summed E-state index contributed by atoms with van der Waals surface area (Å²) in [5.41, 5.74) is 0.900. The Morgan fingerprint density at radius 1 is 0.780 bits per heavy atom. The first-order chi connectivity index (χ1) is 19.6. The molecule has 0 aromatic heterocycles. The van der Waals surface area contributed by atoms with Crippen LogP contribution in [-0.2, 0) is 34.1 Å². The van der Waals surface area contributed by atoms with Crippen molar-refractivity contribution in [2.45, 2.75) is 30.2 Å². The molecule has 6 nitrogen and oxygen atoms in total. The minimum absolute atomic E-state index is 0.00314. The first kappa shape index (κ1) is 30.0. The van der Waals surface area contributed by atoms with Crippen molar-refractivity contribution < 1.29 is 31.5 Å². The Kier molecular flexibility index (Phi) is 9.59. The van der Waals surface area contributed by atoms with Gasteiger partial charge in [-0.2, -0.15) is 17.5 Å². The highest BCUT2D eigenvalue weighted by Gasteiger charge is 2.36. The van der Waals surface area contributed by atoms with E-state index in [9.17, 15) is 31.5 Å². The highest BCUT2D eigenvalue weighted by molar-refractivity contribution is 7.89. The minimum atomic E-state index is -4.56. The number of benzene rings is 4. The Morgan fingerprint density at radius 3 is 1.80 bits per heavy atom. The van der Waals surface area contributed by atoms with E-state index in [1.807, 2.05) is 30.3 Å². The van der Waals surface area contributed by atoms with Gasteiger partial charge in [0.25, 0.3) is 0 Å². The number of halogens is 3. The van der Waals surface area contributed by atoms with Crippen molar-refractivity contribution in [1.82, 2.24) is 9.62 Å². The van der Waals surface area contributed by atoms with E-state index in [0.29, 0.717) is 5.56 Å². The summed E-state index contributed by atoms with van der Waals surface area (Å²) in [7, 11) is -4.14. The Morgan fingerprint density at radius 2 is 1.29 bits per heavy atom. The molecular weight excluding hydrogens is 553 g/mol. The normalized spacial score (nSPS) is 13.6. The minimum Gasteiger partial charge on any atom is -0.481 e. The van der Waals surface area contributed by atoms with Crippen LogP contribution in [0.2, 0.25) is 0 Å². The van der Waals surface area contributed by atoms with Crippen molar-refractivity contribution in [3.05, 3.63) is 138 Å². The molecule has 2 N–H and O–H groups in total. The average Bonchev–Trinajstić information content (AvgIpc) is 2.97. The number of hydrogen-bond acceptors (Lipinski definition) is 4. The fourth-order valence-electron chi connectivity index (χ4n) is 4.52. The lowest BCUT2D eigenvalue weighted by Gasteiger charge is -2.31. The molecule has 0 aliphatic heterocycles. The molecule has 0 saturated heterocycles. The number of carboxylic acids is 1. The summed E-state index contributed by atoms with van der Waals surface area (Å²) in [6.45, 7) is -0.324. The molecule has 2 unspecified atom stereocenters. The zero-order chi connectivity index (χ0) is 29.5. The van der Waals surface area contributed by atoms with Gasteiger partial charge in [-0.25, -0.2) is 8.42 Å². The van der Waals surface area contributed by atoms with E-state index in [0.717, 1.165) is 22.0 Å². The highest BCUT2D eigenvalue weighted by Crippen LogP contribution is 2.32. The van der Waals surface area contributed by atoms with Crippen LogP contribution in [0.5, 0.6) is 0 Å². The van der Waals surface area contributed by atoms with Crippen LogP contribution in [0.3, 0.4) is 0 Å². The number of hydrogen-bond donors (Lipinski definition) is 2. The summed E-state index contributed by atoms with van der Waals surface area (Å²) < 4.78 is 68.5. The lowest BCUT2D eigenvalue weighted by Crippen LogP contribution is -2.43. The van der Waals surface area contributed by atoms with Crippen LogP contribution in [0.1, 0.15) is 28.3 Å². The van der Waals surface area contributed by atoms with Crippen molar-refractivity contribution in [3.8, 4) is 0 Å². The van der Waals surface area contributed by atoms with Gasteiger partial charge in [0.1, 0.15) is 0 Å². The highest BCUT2D eigenvalue weighted by atomic mass is 32.2. The van der Waals surface area contributed by atoms with Gasteiger partial charge in [-0.1, -0.05) is 91.0 Å². The van der Waals surface area contributed by atoms with E-state index in [1.165, 1.54) is 24.3 Å². The van der Waals surface area contributed by atoms with Gasteiger partial charge in [-0.05, 0) is 41.0 Å². The number of sulfonamides is 1. The van der Waals surface area contributed by atoms with Crippen molar-refractivity contribution in [1.29, 1.82) is 0 Å². The maximum absolute atomic E-state index is 13.8. The standard InChI is InChI=1S/C31H29F3N2O4S/c32-31(33,34)26-18-16-25(17-19-26)29(35-20-23-10-4-1-5-11-23)28(30(37)38)22-36(21-24-12-6-2-7-13-24)41(39,40)27-14-8-3-9-15-27/h1-19,28-29,35H,20-22H2,(H,37,38). The molecule has 4 rings (SSSR count). The predicted octanol–water partition coefficient (Wildman–Crippen LogP) is 6.13. The van der Waals surface area contributed by atoms with Gasteiger partial charge in [-0.3, -0.25) is 4.79 Å². The fraction of sp³-hybridized carbons (Fsp3) is 0.194. The molecule has 0 aliphatic rings. The molecule has 0 spiro atoms. The average molecular weight is 583 g/mol. The number of alkyl halides is 3. The maximum Gasteiger partial charge on any atom is 0.416 e. The van der Waals surface area contributed by atoms with Gasteiger partial charge in [0.2, 0.25) is 10.0 Å². The predicted molar refractivity (Wildman–Crippen MR) is 149 cm³/mol. The van der Waals surface area contributed by atoms with E-state index >= 15 is 0 Å². The van der Waals surface area contributed by atoms with Gasteiger partial charge in [-0.15, -0.1) is 0 Å². The summed E-state index contributed by atoms with van der Waals surface area (Å²) in [5.74, 6) is -2.64. The Labute approximate surface area is 237 Å². The van der Waals surface area contributed by atoms with Crippen LogP contribution in [0.25, 0.3) is 0 Å². The van der Waals surface area contributed by atoms with Crippen LogP contribution in [0.4, 0.5) is 13.2 Å². The molecule has 0 aliphatic carbocycles. The number of rotatable bonds is 12. The molecule has 10 heteroatoms. The summed E-state index contributed by atoms with van der Waals surface area (Å²) >= 11 is 0. The smallest absolute Gasteiger partial charge is 0.416 e. The molecule has 0 amide bonds. The van der Waals surface area contributed by atoms with E-state index in [2.05, 4.69) is 5.32 Å². The summed E-state index contributed by atoms with van der Waals surface area (Å²) in [6, 6.07) is 28.8. The number of aliphatic carboxylic acids is 1. The number of nitrogens with zero attached hydrogens (tertiary/aromatic N) is 1. The first-order valence-electron chi connectivity index (χ1n) is 12.8. The van der Waals surface area contributed by atoms with Crippen LogP contribution >= 0.6 is 0 Å². The Balaban J connectivity index is 1.74. The molecule has 2 atom stereocenters. The Hall–Kier alpha value is -3.99. The third-order valence-corrected chi connectivity index (χ3v) is 8.49. The van der Waals surface area contributed by atoms with Gasteiger partial charge in [0.05, 0.1) is 16.4 Å². The number of nitrogens with one attached hydrogen (secondary N) is 1. The molecule has 214 valence electrons. The quantitative estimate of drug-likeness (QED) is 0.210. The zero-order valence-corrected chi connectivity index (χ0v) is 22.7. The third kappa shape index (κ3) is 7.81. The van der Waals surface area contributed by atoms with Gasteiger partial charge in [0.15, 0.2) is 0 Å². The van der Waals surface area contributed by atoms with Crippen molar-refractivity contribution in [3.63, 3.8) is 0 Å². The topological polar surface area (TPSA) is 86.7 Å². The molecule has 0 radical (unpaired) electrons. The van der Waals surface area contributed by atoms with E-state index in [-0.39, 0.29) is 23.5 Å². The molecule has 4 aromatic carbocycles. The molecule has 4 aromatic rings. The van der Waals surface area contributed by atoms with Crippen LogP contribution in [0.15, 0.2) is 120 Å². The van der Waals surface area contributed by atoms with E-state index < -0.39 is 46.2 Å². The number of carboxylic acid groups (broad SMARTS) is 1. The second-order valence-electron chi connectivity index (χ2n) is 9.50. The fourth-order valence-corrected chi connectivity index (χ4v) is 5.99. The Bertz CT molecular complexity index is 1520. The van der Waals surface area contributed by atoms with Gasteiger partial charge in [0, 0.05) is 25.7 Å². The molecule has 0 bridgehead atoms. The molecule has 0 heterocycles. The lowest BCUT2D eigenvalue weighted by molar-refractivity contribution is -0.143. The third-order valence-electron chi connectivity index (χ3n) is 6.67.